The number of rotatable bonds is 8. The molecular formula is C17H25F3N2S. The number of nitrogens with zero attached hydrogens (tertiary/aromatic N) is 1. The molecule has 0 saturated carbocycles. The van der Waals surface area contributed by atoms with Gasteiger partial charge < -0.3 is 10.2 Å². The third-order valence-electron chi connectivity index (χ3n) is 3.69. The Bertz CT molecular complexity index is 573. The zero-order valence-corrected chi connectivity index (χ0v) is 15.0. The maximum atomic E-state index is 12.5. The molecule has 0 aliphatic carbocycles. The van der Waals surface area contributed by atoms with Crippen LogP contribution in [0.25, 0.3) is 5.70 Å². The molecule has 0 spiro atoms. The molecule has 0 aromatic carbocycles. The third kappa shape index (κ3) is 5.61. The van der Waals surface area contributed by atoms with Crippen molar-refractivity contribution >= 4 is 17.0 Å². The van der Waals surface area contributed by atoms with Gasteiger partial charge in [-0.1, -0.05) is 13.2 Å². The van der Waals surface area contributed by atoms with E-state index in [0.29, 0.717) is 18.8 Å². The van der Waals surface area contributed by atoms with Gasteiger partial charge in [-0.05, 0) is 33.3 Å². The quantitative estimate of drug-likeness (QED) is 0.693. The summed E-state index contributed by atoms with van der Waals surface area (Å²) in [7, 11) is 0. The lowest BCUT2D eigenvalue weighted by Crippen LogP contribution is -2.27. The second-order valence-corrected chi connectivity index (χ2v) is 6.92. The number of alkyl halides is 3. The highest BCUT2D eigenvalue weighted by molar-refractivity contribution is 7.12. The molecule has 2 nitrogen and oxygen atoms in total. The Hall–Kier alpha value is -1.43. The Balaban J connectivity index is 2.95. The second kappa shape index (κ2) is 7.90. The van der Waals surface area contributed by atoms with E-state index >= 15 is 0 Å². The minimum Gasteiger partial charge on any atom is -0.384 e. The van der Waals surface area contributed by atoms with E-state index in [1.807, 2.05) is 27.7 Å². The Morgan fingerprint density at radius 3 is 2.35 bits per heavy atom. The standard InChI is InChI=1S/C17H25F3N2S/c1-7-22(9-8-17(18,19)20)13(5)16-12(4)15(23-14(16)6)10-21-11(2)3/h21H,2,5,7-10H2,1,3-4,6H3. The Morgan fingerprint density at radius 2 is 1.87 bits per heavy atom. The Labute approximate surface area is 140 Å². The molecule has 0 atom stereocenters. The molecule has 0 fully saturated rings. The van der Waals surface area contributed by atoms with Crippen LogP contribution in [0.3, 0.4) is 0 Å². The molecule has 0 saturated heterocycles. The van der Waals surface area contributed by atoms with Crippen LogP contribution >= 0.6 is 11.3 Å². The number of hydrogen-bond acceptors (Lipinski definition) is 3. The van der Waals surface area contributed by atoms with Crippen molar-refractivity contribution in [3.8, 4) is 0 Å². The van der Waals surface area contributed by atoms with Crippen LogP contribution in [0.1, 0.15) is 41.1 Å². The zero-order valence-electron chi connectivity index (χ0n) is 14.2. The SMILES string of the molecule is C=C(C)NCc1sc(C)c(C(=C)N(CC)CCC(F)(F)F)c1C. The molecule has 23 heavy (non-hydrogen) atoms. The van der Waals surface area contributed by atoms with Gasteiger partial charge in [-0.3, -0.25) is 0 Å². The number of allylic oxidation sites excluding steroid dienone is 1. The fraction of sp³-hybridized carbons (Fsp3) is 0.529. The predicted molar refractivity (Wildman–Crippen MR) is 92.4 cm³/mol. The Morgan fingerprint density at radius 1 is 1.26 bits per heavy atom. The first-order chi connectivity index (χ1) is 10.6. The average molecular weight is 346 g/mol. The largest absolute Gasteiger partial charge is 0.390 e. The van der Waals surface area contributed by atoms with Gasteiger partial charge in [0.1, 0.15) is 0 Å². The Kier molecular flexibility index (Phi) is 6.74. The first kappa shape index (κ1) is 19.6. The molecule has 1 aromatic rings. The van der Waals surface area contributed by atoms with Crippen LogP contribution in [-0.4, -0.2) is 24.2 Å². The van der Waals surface area contributed by atoms with Crippen molar-refractivity contribution in [3.05, 3.63) is 39.7 Å². The molecule has 0 aliphatic rings. The molecule has 6 heteroatoms. The minimum atomic E-state index is -4.15. The predicted octanol–water partition coefficient (Wildman–Crippen LogP) is 5.23. The summed E-state index contributed by atoms with van der Waals surface area (Å²) in [5.74, 6) is 0. The maximum absolute atomic E-state index is 12.5. The minimum absolute atomic E-state index is 0.0626. The maximum Gasteiger partial charge on any atom is 0.390 e. The summed E-state index contributed by atoms with van der Waals surface area (Å²) >= 11 is 1.65. The van der Waals surface area contributed by atoms with Crippen molar-refractivity contribution in [2.24, 2.45) is 0 Å². The molecule has 130 valence electrons. The lowest BCUT2D eigenvalue weighted by atomic mass is 10.1. The summed E-state index contributed by atoms with van der Waals surface area (Å²) in [6, 6.07) is 0. The van der Waals surface area contributed by atoms with Gasteiger partial charge in [0.2, 0.25) is 0 Å². The molecule has 1 rings (SSSR count). The first-order valence-corrected chi connectivity index (χ1v) is 8.37. The number of halogens is 3. The summed E-state index contributed by atoms with van der Waals surface area (Å²) in [6.45, 7) is 16.7. The average Bonchev–Trinajstić information content (AvgIpc) is 2.70. The van der Waals surface area contributed by atoms with Crippen molar-refractivity contribution in [3.63, 3.8) is 0 Å². The van der Waals surface area contributed by atoms with Crippen molar-refractivity contribution in [2.75, 3.05) is 13.1 Å². The molecule has 0 unspecified atom stereocenters. The molecule has 1 N–H and O–H groups in total. The summed E-state index contributed by atoms with van der Waals surface area (Å²) in [5.41, 5.74) is 3.61. The van der Waals surface area contributed by atoms with E-state index < -0.39 is 12.6 Å². The van der Waals surface area contributed by atoms with Gasteiger partial charge in [-0.15, -0.1) is 11.3 Å². The van der Waals surface area contributed by atoms with Crippen molar-refractivity contribution in [1.82, 2.24) is 10.2 Å². The number of thiophene rings is 1. The van der Waals surface area contributed by atoms with Crippen LogP contribution in [0.5, 0.6) is 0 Å². The van der Waals surface area contributed by atoms with Gasteiger partial charge in [-0.25, -0.2) is 0 Å². The lowest BCUT2D eigenvalue weighted by molar-refractivity contribution is -0.136. The number of hydrogen-bond donors (Lipinski definition) is 1. The molecular weight excluding hydrogens is 321 g/mol. The van der Waals surface area contributed by atoms with Crippen molar-refractivity contribution < 1.29 is 13.2 Å². The highest BCUT2D eigenvalue weighted by Crippen LogP contribution is 2.34. The fourth-order valence-electron chi connectivity index (χ4n) is 2.44. The van der Waals surface area contributed by atoms with Gasteiger partial charge in [0, 0.05) is 46.3 Å². The summed E-state index contributed by atoms with van der Waals surface area (Å²) in [4.78, 5) is 3.94. The van der Waals surface area contributed by atoms with Gasteiger partial charge >= 0.3 is 6.18 Å². The van der Waals surface area contributed by atoms with Crippen LogP contribution in [0, 0.1) is 13.8 Å². The summed E-state index contributed by atoms with van der Waals surface area (Å²) in [5, 5.41) is 3.19. The topological polar surface area (TPSA) is 15.3 Å². The zero-order chi connectivity index (χ0) is 17.8. The number of aryl methyl sites for hydroxylation is 1. The van der Waals surface area contributed by atoms with Crippen LogP contribution in [0.2, 0.25) is 0 Å². The van der Waals surface area contributed by atoms with Crippen LogP contribution in [-0.2, 0) is 6.54 Å². The van der Waals surface area contributed by atoms with Crippen molar-refractivity contribution in [2.45, 2.75) is 46.8 Å². The van der Waals surface area contributed by atoms with Gasteiger partial charge in [0.15, 0.2) is 0 Å². The van der Waals surface area contributed by atoms with Crippen LogP contribution in [0.4, 0.5) is 13.2 Å². The molecule has 1 aromatic heterocycles. The van der Waals surface area contributed by atoms with E-state index in [2.05, 4.69) is 18.5 Å². The summed E-state index contributed by atoms with van der Waals surface area (Å²) < 4.78 is 37.5. The van der Waals surface area contributed by atoms with E-state index in [1.165, 1.54) is 0 Å². The normalized spacial score (nSPS) is 11.4. The fourth-order valence-corrected chi connectivity index (χ4v) is 3.58. The molecule has 0 bridgehead atoms. The highest BCUT2D eigenvalue weighted by Gasteiger charge is 2.28. The molecule has 1 heterocycles. The molecule has 0 radical (unpaired) electrons. The van der Waals surface area contributed by atoms with Crippen LogP contribution in [0.15, 0.2) is 18.9 Å². The van der Waals surface area contributed by atoms with Gasteiger partial charge in [0.25, 0.3) is 0 Å². The van der Waals surface area contributed by atoms with E-state index in [-0.39, 0.29) is 6.54 Å². The molecule has 0 amide bonds. The van der Waals surface area contributed by atoms with E-state index in [0.717, 1.165) is 26.6 Å². The number of nitrogens with one attached hydrogen (secondary N) is 1. The second-order valence-electron chi connectivity index (χ2n) is 5.61. The first-order valence-electron chi connectivity index (χ1n) is 7.56. The third-order valence-corrected chi connectivity index (χ3v) is 4.90. The molecule has 0 aliphatic heterocycles. The summed E-state index contributed by atoms with van der Waals surface area (Å²) in [6.07, 6.45) is -4.98. The van der Waals surface area contributed by atoms with E-state index in [1.54, 1.807) is 16.2 Å². The van der Waals surface area contributed by atoms with E-state index in [9.17, 15) is 13.2 Å². The smallest absolute Gasteiger partial charge is 0.384 e. The van der Waals surface area contributed by atoms with Crippen LogP contribution < -0.4 is 5.32 Å². The van der Waals surface area contributed by atoms with Gasteiger partial charge in [-0.2, -0.15) is 13.2 Å². The highest BCUT2D eigenvalue weighted by atomic mass is 32.1. The van der Waals surface area contributed by atoms with Gasteiger partial charge in [0.05, 0.1) is 6.42 Å². The lowest BCUT2D eigenvalue weighted by Gasteiger charge is -2.26. The monoisotopic (exact) mass is 346 g/mol. The van der Waals surface area contributed by atoms with E-state index in [4.69, 9.17) is 0 Å². The van der Waals surface area contributed by atoms with Crippen molar-refractivity contribution in [1.29, 1.82) is 0 Å².